The number of hydrogen-bond acceptors (Lipinski definition) is 3. The van der Waals surface area contributed by atoms with Crippen LogP contribution in [0.1, 0.15) is 29.9 Å². The summed E-state index contributed by atoms with van der Waals surface area (Å²) in [6.07, 6.45) is 0.508. The molecule has 1 aromatic rings. The van der Waals surface area contributed by atoms with E-state index in [9.17, 15) is 14.4 Å². The molecule has 0 amide bonds. The van der Waals surface area contributed by atoms with Gasteiger partial charge in [-0.05, 0) is 12.8 Å². The summed E-state index contributed by atoms with van der Waals surface area (Å²) >= 11 is 0. The molecular formula is C11H16N2O3. The summed E-state index contributed by atoms with van der Waals surface area (Å²) in [6.45, 7) is 6.06. The van der Waals surface area contributed by atoms with Crippen molar-refractivity contribution in [2.24, 2.45) is 13.0 Å². The van der Waals surface area contributed by atoms with E-state index in [1.807, 2.05) is 13.8 Å². The first-order valence-electron chi connectivity index (χ1n) is 5.15. The third kappa shape index (κ3) is 1.98. The fourth-order valence-corrected chi connectivity index (χ4v) is 1.61. The van der Waals surface area contributed by atoms with Crippen LogP contribution in [-0.4, -0.2) is 15.4 Å². The molecule has 0 saturated carbocycles. The Kier molecular flexibility index (Phi) is 3.47. The average Bonchev–Trinajstić information content (AvgIpc) is 2.22. The van der Waals surface area contributed by atoms with Gasteiger partial charge in [0.15, 0.2) is 6.29 Å². The summed E-state index contributed by atoms with van der Waals surface area (Å²) < 4.78 is 2.44. The molecule has 0 radical (unpaired) electrons. The molecule has 5 heteroatoms. The predicted molar refractivity (Wildman–Crippen MR) is 60.9 cm³/mol. The molecule has 0 aliphatic rings. The molecule has 0 unspecified atom stereocenters. The van der Waals surface area contributed by atoms with E-state index in [2.05, 4.69) is 0 Å². The minimum Gasteiger partial charge on any atom is -0.298 e. The summed E-state index contributed by atoms with van der Waals surface area (Å²) in [5, 5.41) is 0. The second-order valence-corrected chi connectivity index (χ2v) is 4.27. The molecule has 0 aromatic carbocycles. The zero-order valence-electron chi connectivity index (χ0n) is 9.98. The molecule has 0 bridgehead atoms. The Hall–Kier alpha value is -1.65. The van der Waals surface area contributed by atoms with Gasteiger partial charge in [0, 0.05) is 19.3 Å². The highest BCUT2D eigenvalue weighted by Gasteiger charge is 2.13. The maximum Gasteiger partial charge on any atom is 0.330 e. The van der Waals surface area contributed by atoms with Crippen LogP contribution in [0, 0.1) is 12.8 Å². The zero-order chi connectivity index (χ0) is 12.5. The summed E-state index contributed by atoms with van der Waals surface area (Å²) in [5.74, 6) is 0.272. The summed E-state index contributed by atoms with van der Waals surface area (Å²) in [5.41, 5.74) is -0.404. The van der Waals surface area contributed by atoms with Gasteiger partial charge in [-0.25, -0.2) is 4.79 Å². The van der Waals surface area contributed by atoms with E-state index in [1.165, 1.54) is 11.6 Å². The van der Waals surface area contributed by atoms with Gasteiger partial charge in [0.1, 0.15) is 0 Å². The van der Waals surface area contributed by atoms with Crippen molar-refractivity contribution in [1.82, 2.24) is 9.13 Å². The van der Waals surface area contributed by atoms with Crippen molar-refractivity contribution in [2.45, 2.75) is 27.3 Å². The Morgan fingerprint density at radius 2 is 1.88 bits per heavy atom. The molecule has 0 saturated heterocycles. The zero-order valence-corrected chi connectivity index (χ0v) is 9.98. The first kappa shape index (κ1) is 12.4. The maximum absolute atomic E-state index is 11.8. The second-order valence-electron chi connectivity index (χ2n) is 4.27. The van der Waals surface area contributed by atoms with Crippen molar-refractivity contribution in [1.29, 1.82) is 0 Å². The van der Waals surface area contributed by atoms with E-state index in [-0.39, 0.29) is 17.2 Å². The van der Waals surface area contributed by atoms with Crippen LogP contribution < -0.4 is 11.2 Å². The van der Waals surface area contributed by atoms with Gasteiger partial charge in [0.25, 0.3) is 5.56 Å². The van der Waals surface area contributed by atoms with Crippen LogP contribution in [0.5, 0.6) is 0 Å². The molecule has 0 aliphatic heterocycles. The Balaban J connectivity index is 3.62. The minimum atomic E-state index is -0.530. The van der Waals surface area contributed by atoms with E-state index in [0.717, 1.165) is 4.57 Å². The van der Waals surface area contributed by atoms with Crippen molar-refractivity contribution in [3.63, 3.8) is 0 Å². The lowest BCUT2D eigenvalue weighted by molar-refractivity contribution is 0.111. The van der Waals surface area contributed by atoms with Crippen molar-refractivity contribution < 1.29 is 4.79 Å². The van der Waals surface area contributed by atoms with Crippen molar-refractivity contribution >= 4 is 6.29 Å². The first-order valence-corrected chi connectivity index (χ1v) is 5.15. The molecule has 0 atom stereocenters. The van der Waals surface area contributed by atoms with Crippen LogP contribution in [0.25, 0.3) is 0 Å². The van der Waals surface area contributed by atoms with Crippen LogP contribution >= 0.6 is 0 Å². The Labute approximate surface area is 93.3 Å². The van der Waals surface area contributed by atoms with Gasteiger partial charge < -0.3 is 0 Å². The molecule has 0 spiro atoms. The topological polar surface area (TPSA) is 61.1 Å². The monoisotopic (exact) mass is 224 g/mol. The molecule has 0 fully saturated rings. The normalized spacial score (nSPS) is 10.8. The van der Waals surface area contributed by atoms with Gasteiger partial charge in [-0.2, -0.15) is 0 Å². The molecule has 1 heterocycles. The second kappa shape index (κ2) is 4.47. The average molecular weight is 224 g/mol. The number of hydrogen-bond donors (Lipinski definition) is 0. The molecule has 1 aromatic heterocycles. The van der Waals surface area contributed by atoms with E-state index < -0.39 is 5.56 Å². The number of carbonyl (C=O) groups excluding carboxylic acids is 1. The highest BCUT2D eigenvalue weighted by Crippen LogP contribution is 2.02. The number of rotatable bonds is 3. The van der Waals surface area contributed by atoms with E-state index in [1.54, 1.807) is 6.92 Å². The number of nitrogens with zero attached hydrogens (tertiary/aromatic N) is 2. The molecule has 1 rings (SSSR count). The predicted octanol–water partition coefficient (Wildman–Crippen LogP) is 0.324. The first-order chi connectivity index (χ1) is 7.40. The Morgan fingerprint density at radius 1 is 1.31 bits per heavy atom. The quantitative estimate of drug-likeness (QED) is 0.695. The van der Waals surface area contributed by atoms with Crippen LogP contribution in [0.15, 0.2) is 9.59 Å². The van der Waals surface area contributed by atoms with E-state index >= 15 is 0 Å². The van der Waals surface area contributed by atoms with Gasteiger partial charge in [-0.1, -0.05) is 13.8 Å². The smallest absolute Gasteiger partial charge is 0.298 e. The number of carbonyl (C=O) groups is 1. The highest BCUT2D eigenvalue weighted by molar-refractivity contribution is 5.75. The Bertz CT molecular complexity index is 523. The maximum atomic E-state index is 11.8. The lowest BCUT2D eigenvalue weighted by atomic mass is 10.2. The molecular weight excluding hydrogens is 208 g/mol. The van der Waals surface area contributed by atoms with Crippen LogP contribution in [0.2, 0.25) is 0 Å². The van der Waals surface area contributed by atoms with Crippen molar-refractivity contribution in [3.8, 4) is 0 Å². The third-order valence-electron chi connectivity index (χ3n) is 2.51. The lowest BCUT2D eigenvalue weighted by Crippen LogP contribution is -2.42. The minimum absolute atomic E-state index is 0.0581. The number of aldehydes is 1. The van der Waals surface area contributed by atoms with E-state index in [0.29, 0.717) is 18.5 Å². The van der Waals surface area contributed by atoms with Crippen LogP contribution in [0.3, 0.4) is 0 Å². The summed E-state index contributed by atoms with van der Waals surface area (Å²) in [7, 11) is 1.38. The third-order valence-corrected chi connectivity index (χ3v) is 2.51. The summed E-state index contributed by atoms with van der Waals surface area (Å²) in [6, 6.07) is 0. The van der Waals surface area contributed by atoms with Crippen molar-refractivity contribution in [2.75, 3.05) is 0 Å². The van der Waals surface area contributed by atoms with Gasteiger partial charge >= 0.3 is 5.69 Å². The molecule has 0 N–H and O–H groups in total. The molecule has 5 nitrogen and oxygen atoms in total. The molecule has 88 valence electrons. The van der Waals surface area contributed by atoms with E-state index in [4.69, 9.17) is 0 Å². The fourth-order valence-electron chi connectivity index (χ4n) is 1.61. The van der Waals surface area contributed by atoms with Gasteiger partial charge in [0.05, 0.1) is 5.56 Å². The largest absolute Gasteiger partial charge is 0.330 e. The van der Waals surface area contributed by atoms with Gasteiger partial charge in [-0.3, -0.25) is 18.7 Å². The fraction of sp³-hybridized carbons (Fsp3) is 0.545. The number of aromatic nitrogens is 2. The molecule has 0 aliphatic carbocycles. The standard InChI is InChI=1S/C11H16N2O3/c1-7(2)5-13-8(3)9(6-14)10(15)12(4)11(13)16/h6-7H,5H2,1-4H3. The SMILES string of the molecule is Cc1c(C=O)c(=O)n(C)c(=O)n1CC(C)C. The van der Waals surface area contributed by atoms with Crippen LogP contribution in [0.4, 0.5) is 0 Å². The molecule has 16 heavy (non-hydrogen) atoms. The van der Waals surface area contributed by atoms with Gasteiger partial charge in [-0.15, -0.1) is 0 Å². The highest BCUT2D eigenvalue weighted by atomic mass is 16.2. The van der Waals surface area contributed by atoms with Crippen molar-refractivity contribution in [3.05, 3.63) is 32.1 Å². The Morgan fingerprint density at radius 3 is 2.31 bits per heavy atom. The lowest BCUT2D eigenvalue weighted by Gasteiger charge is -2.14. The van der Waals surface area contributed by atoms with Gasteiger partial charge in [0.2, 0.25) is 0 Å². The van der Waals surface area contributed by atoms with Crippen LogP contribution in [-0.2, 0) is 13.6 Å². The summed E-state index contributed by atoms with van der Waals surface area (Å²) in [4.78, 5) is 34.2.